The average Bonchev–Trinajstić information content (AvgIpc) is 2.44. The third kappa shape index (κ3) is 4.18. The highest BCUT2D eigenvalue weighted by atomic mass is 35.5. The van der Waals surface area contributed by atoms with Crippen LogP contribution >= 0.6 is 23.4 Å². The third-order valence-electron chi connectivity index (χ3n) is 3.47. The Morgan fingerprint density at radius 1 is 1.57 bits per heavy atom. The minimum atomic E-state index is -0.805. The number of nitrogens with zero attached hydrogens (tertiary/aromatic N) is 1. The van der Waals surface area contributed by atoms with Crippen molar-refractivity contribution in [2.75, 3.05) is 25.2 Å². The van der Waals surface area contributed by atoms with Gasteiger partial charge in [-0.2, -0.15) is 11.8 Å². The van der Waals surface area contributed by atoms with Gasteiger partial charge in [-0.1, -0.05) is 11.6 Å². The van der Waals surface area contributed by atoms with Crippen LogP contribution in [-0.4, -0.2) is 52.3 Å². The van der Waals surface area contributed by atoms with Gasteiger partial charge in [-0.25, -0.2) is 0 Å². The molecule has 1 aromatic rings. The summed E-state index contributed by atoms with van der Waals surface area (Å²) >= 11 is 7.79. The van der Waals surface area contributed by atoms with Crippen LogP contribution in [-0.2, 0) is 11.3 Å². The second kappa shape index (κ2) is 7.24. The van der Waals surface area contributed by atoms with Crippen molar-refractivity contribution in [1.29, 1.82) is 0 Å². The largest absolute Gasteiger partial charge is 0.504 e. The fraction of sp³-hybridized carbons (Fsp3) is 0.500. The molecule has 2 rings (SSSR count). The summed E-state index contributed by atoms with van der Waals surface area (Å²) in [5.41, 5.74) is 0.654. The van der Waals surface area contributed by atoms with Crippen LogP contribution in [0.1, 0.15) is 12.0 Å². The van der Waals surface area contributed by atoms with E-state index in [1.807, 2.05) is 0 Å². The summed E-state index contributed by atoms with van der Waals surface area (Å²) in [6.45, 7) is 1.25. The molecule has 1 aromatic carbocycles. The number of benzene rings is 1. The Balaban J connectivity index is 2.19. The van der Waals surface area contributed by atoms with Crippen molar-refractivity contribution in [3.63, 3.8) is 0 Å². The number of phenols is 1. The number of carboxylic acid groups (broad SMARTS) is 1. The van der Waals surface area contributed by atoms with Gasteiger partial charge in [0.2, 0.25) is 0 Å². The minimum Gasteiger partial charge on any atom is -0.504 e. The van der Waals surface area contributed by atoms with Gasteiger partial charge in [0.1, 0.15) is 0 Å². The first-order valence-electron chi connectivity index (χ1n) is 6.60. The maximum atomic E-state index is 11.0. The molecule has 0 bridgehead atoms. The number of methoxy groups -OCH3 is 1. The molecule has 1 unspecified atom stereocenters. The number of halogens is 1. The fourth-order valence-corrected chi connectivity index (χ4v) is 3.77. The third-order valence-corrected chi connectivity index (χ3v) is 4.78. The molecule has 0 amide bonds. The number of aromatic hydroxyl groups is 1. The number of thioether (sulfide) groups is 1. The summed E-state index contributed by atoms with van der Waals surface area (Å²) in [7, 11) is 1.47. The Kier molecular flexibility index (Phi) is 5.61. The van der Waals surface area contributed by atoms with Crippen molar-refractivity contribution in [3.8, 4) is 11.5 Å². The van der Waals surface area contributed by atoms with E-state index in [2.05, 4.69) is 4.90 Å². The number of carbonyl (C=O) groups is 1. The zero-order valence-electron chi connectivity index (χ0n) is 11.7. The molecule has 21 heavy (non-hydrogen) atoms. The van der Waals surface area contributed by atoms with Crippen LogP contribution in [0.4, 0.5) is 0 Å². The number of hydrogen-bond donors (Lipinski definition) is 2. The minimum absolute atomic E-state index is 0.0365. The van der Waals surface area contributed by atoms with Crippen molar-refractivity contribution in [1.82, 2.24) is 4.90 Å². The molecule has 0 aromatic heterocycles. The molecule has 5 nitrogen and oxygen atoms in total. The molecule has 0 radical (unpaired) electrons. The molecular formula is C14H18ClNO4S. The van der Waals surface area contributed by atoms with E-state index in [-0.39, 0.29) is 18.2 Å². The molecule has 116 valence electrons. The summed E-state index contributed by atoms with van der Waals surface area (Å²) in [5.74, 6) is 1.33. The maximum absolute atomic E-state index is 11.0. The SMILES string of the molecule is COc1cc(Cl)cc(CN2CCSCC2CC(=O)O)c1O. The van der Waals surface area contributed by atoms with E-state index in [4.69, 9.17) is 21.4 Å². The number of rotatable bonds is 5. The van der Waals surface area contributed by atoms with Crippen LogP contribution in [0.2, 0.25) is 5.02 Å². The second-order valence-corrected chi connectivity index (χ2v) is 6.50. The Morgan fingerprint density at radius 2 is 2.33 bits per heavy atom. The summed E-state index contributed by atoms with van der Waals surface area (Å²) in [5, 5.41) is 19.7. The van der Waals surface area contributed by atoms with E-state index < -0.39 is 5.97 Å². The monoisotopic (exact) mass is 331 g/mol. The van der Waals surface area contributed by atoms with Crippen LogP contribution in [0, 0.1) is 0 Å². The topological polar surface area (TPSA) is 70.0 Å². The van der Waals surface area contributed by atoms with Gasteiger partial charge in [0, 0.05) is 47.3 Å². The zero-order chi connectivity index (χ0) is 15.4. The van der Waals surface area contributed by atoms with Crippen LogP contribution in [0.3, 0.4) is 0 Å². The molecule has 0 aliphatic carbocycles. The Bertz CT molecular complexity index is 526. The first-order chi connectivity index (χ1) is 10.0. The fourth-order valence-electron chi connectivity index (χ4n) is 2.41. The van der Waals surface area contributed by atoms with E-state index in [1.54, 1.807) is 23.9 Å². The first-order valence-corrected chi connectivity index (χ1v) is 8.13. The van der Waals surface area contributed by atoms with E-state index in [0.29, 0.717) is 22.9 Å². The van der Waals surface area contributed by atoms with Crippen LogP contribution in [0.15, 0.2) is 12.1 Å². The van der Waals surface area contributed by atoms with Crippen molar-refractivity contribution in [2.24, 2.45) is 0 Å². The highest BCUT2D eigenvalue weighted by Crippen LogP contribution is 2.35. The Morgan fingerprint density at radius 3 is 3.00 bits per heavy atom. The molecule has 0 saturated carbocycles. The van der Waals surface area contributed by atoms with E-state index in [1.165, 1.54) is 7.11 Å². The van der Waals surface area contributed by atoms with Crippen LogP contribution in [0.25, 0.3) is 0 Å². The van der Waals surface area contributed by atoms with Crippen LogP contribution < -0.4 is 4.74 Å². The van der Waals surface area contributed by atoms with E-state index >= 15 is 0 Å². The Hall–Kier alpha value is -1.11. The quantitative estimate of drug-likeness (QED) is 0.863. The Labute approximate surface area is 132 Å². The van der Waals surface area contributed by atoms with Gasteiger partial charge < -0.3 is 14.9 Å². The molecule has 1 aliphatic rings. The molecule has 2 N–H and O–H groups in total. The highest BCUT2D eigenvalue weighted by Gasteiger charge is 2.26. The van der Waals surface area contributed by atoms with Gasteiger partial charge in [0.25, 0.3) is 0 Å². The molecule has 1 heterocycles. The average molecular weight is 332 g/mol. The standard InChI is InChI=1S/C14H18ClNO4S/c1-20-12-5-10(15)4-9(14(12)19)7-16-2-3-21-8-11(16)6-13(17)18/h4-5,11,19H,2-3,6-8H2,1H3,(H,17,18). The molecule has 1 fully saturated rings. The van der Waals surface area contributed by atoms with Gasteiger partial charge in [0.05, 0.1) is 13.5 Å². The smallest absolute Gasteiger partial charge is 0.304 e. The normalized spacial score (nSPS) is 19.4. The van der Waals surface area contributed by atoms with Crippen molar-refractivity contribution < 1.29 is 19.7 Å². The van der Waals surface area contributed by atoms with Gasteiger partial charge in [0.15, 0.2) is 11.5 Å². The summed E-state index contributed by atoms with van der Waals surface area (Å²) in [4.78, 5) is 13.0. The van der Waals surface area contributed by atoms with Gasteiger partial charge in [-0.3, -0.25) is 9.69 Å². The van der Waals surface area contributed by atoms with Gasteiger partial charge >= 0.3 is 5.97 Å². The predicted molar refractivity (Wildman–Crippen MR) is 83.4 cm³/mol. The summed E-state index contributed by atoms with van der Waals surface area (Å²) in [6.07, 6.45) is 0.103. The van der Waals surface area contributed by atoms with E-state index in [9.17, 15) is 9.90 Å². The van der Waals surface area contributed by atoms with Gasteiger partial charge in [-0.15, -0.1) is 0 Å². The molecular weight excluding hydrogens is 314 g/mol. The number of hydrogen-bond acceptors (Lipinski definition) is 5. The number of carboxylic acids is 1. The number of phenolic OH excluding ortho intramolecular Hbond substituents is 1. The predicted octanol–water partition coefficient (Wildman–Crippen LogP) is 2.45. The lowest BCUT2D eigenvalue weighted by Gasteiger charge is -2.34. The molecule has 1 atom stereocenters. The maximum Gasteiger partial charge on any atom is 0.304 e. The zero-order valence-corrected chi connectivity index (χ0v) is 13.3. The molecule has 1 aliphatic heterocycles. The number of aliphatic carboxylic acids is 1. The lowest BCUT2D eigenvalue weighted by atomic mass is 10.1. The lowest BCUT2D eigenvalue weighted by Crippen LogP contribution is -2.42. The summed E-state index contributed by atoms with van der Waals surface area (Å²) in [6, 6.07) is 3.21. The van der Waals surface area contributed by atoms with E-state index in [0.717, 1.165) is 18.1 Å². The van der Waals surface area contributed by atoms with Gasteiger partial charge in [-0.05, 0) is 6.07 Å². The molecule has 1 saturated heterocycles. The number of ether oxygens (including phenoxy) is 1. The van der Waals surface area contributed by atoms with Crippen molar-refractivity contribution in [2.45, 2.75) is 19.0 Å². The second-order valence-electron chi connectivity index (χ2n) is 4.91. The first kappa shape index (κ1) is 16.3. The summed E-state index contributed by atoms with van der Waals surface area (Å²) < 4.78 is 5.10. The molecule has 7 heteroatoms. The highest BCUT2D eigenvalue weighted by molar-refractivity contribution is 7.99. The van der Waals surface area contributed by atoms with Crippen molar-refractivity contribution in [3.05, 3.63) is 22.7 Å². The van der Waals surface area contributed by atoms with Crippen molar-refractivity contribution >= 4 is 29.3 Å². The lowest BCUT2D eigenvalue weighted by molar-refractivity contribution is -0.138. The molecule has 0 spiro atoms. The van der Waals surface area contributed by atoms with Crippen LogP contribution in [0.5, 0.6) is 11.5 Å².